The van der Waals surface area contributed by atoms with Crippen molar-refractivity contribution in [2.24, 2.45) is 0 Å². The number of nitrogens with one attached hydrogen (secondary N) is 1. The predicted octanol–water partition coefficient (Wildman–Crippen LogP) is 5.10. The van der Waals surface area contributed by atoms with Crippen molar-refractivity contribution in [3.8, 4) is 0 Å². The quantitative estimate of drug-likeness (QED) is 0.823. The zero-order chi connectivity index (χ0) is 14.1. The van der Waals surface area contributed by atoms with Gasteiger partial charge in [0.25, 0.3) is 0 Å². The standard InChI is InChI=1S/C20H23N/c1-2-7-20-19(6-1)18(12-13-21-20)14-15-8-10-17(11-9-15)16-4-3-5-16/h1-2,6-11,16,18,21H,3-5,12-14H2. The molecule has 0 spiro atoms. The van der Waals surface area contributed by atoms with Gasteiger partial charge in [0.05, 0.1) is 0 Å². The molecule has 21 heavy (non-hydrogen) atoms. The topological polar surface area (TPSA) is 12.0 Å². The summed E-state index contributed by atoms with van der Waals surface area (Å²) < 4.78 is 0. The summed E-state index contributed by atoms with van der Waals surface area (Å²) in [5.41, 5.74) is 5.86. The highest BCUT2D eigenvalue weighted by molar-refractivity contribution is 5.55. The minimum absolute atomic E-state index is 0.664. The van der Waals surface area contributed by atoms with Gasteiger partial charge < -0.3 is 5.32 Å². The fourth-order valence-electron chi connectivity index (χ4n) is 3.71. The number of hydrogen-bond donors (Lipinski definition) is 1. The number of rotatable bonds is 3. The molecule has 2 aromatic rings. The number of fused-ring (bicyclic) bond motifs is 1. The maximum Gasteiger partial charge on any atom is 0.0375 e. The van der Waals surface area contributed by atoms with Gasteiger partial charge >= 0.3 is 0 Å². The molecule has 0 radical (unpaired) electrons. The van der Waals surface area contributed by atoms with Gasteiger partial charge in [0.15, 0.2) is 0 Å². The Bertz CT molecular complexity index is 610. The number of benzene rings is 2. The van der Waals surface area contributed by atoms with Crippen molar-refractivity contribution in [1.29, 1.82) is 0 Å². The van der Waals surface area contributed by atoms with Crippen LogP contribution < -0.4 is 5.32 Å². The van der Waals surface area contributed by atoms with Gasteiger partial charge in [-0.3, -0.25) is 0 Å². The molecular weight excluding hydrogens is 254 g/mol. The summed E-state index contributed by atoms with van der Waals surface area (Å²) in [5.74, 6) is 1.51. The summed E-state index contributed by atoms with van der Waals surface area (Å²) in [6, 6.07) is 18.2. The number of para-hydroxylation sites is 1. The minimum atomic E-state index is 0.664. The van der Waals surface area contributed by atoms with E-state index in [9.17, 15) is 0 Å². The van der Waals surface area contributed by atoms with Gasteiger partial charge in [-0.15, -0.1) is 0 Å². The summed E-state index contributed by atoms with van der Waals surface area (Å²) in [5, 5.41) is 3.52. The van der Waals surface area contributed by atoms with Gasteiger partial charge in [-0.25, -0.2) is 0 Å². The van der Waals surface area contributed by atoms with E-state index in [1.807, 2.05) is 0 Å². The van der Waals surface area contributed by atoms with Crippen molar-refractivity contribution < 1.29 is 0 Å². The molecule has 1 heterocycles. The molecule has 0 bridgehead atoms. The zero-order valence-electron chi connectivity index (χ0n) is 12.5. The van der Waals surface area contributed by atoms with E-state index in [1.54, 1.807) is 5.56 Å². The highest BCUT2D eigenvalue weighted by atomic mass is 14.9. The maximum atomic E-state index is 3.52. The van der Waals surface area contributed by atoms with E-state index >= 15 is 0 Å². The van der Waals surface area contributed by atoms with E-state index in [1.165, 1.54) is 48.9 Å². The lowest BCUT2D eigenvalue weighted by Crippen LogP contribution is -2.18. The fourth-order valence-corrected chi connectivity index (χ4v) is 3.71. The molecule has 0 aromatic heterocycles. The number of hydrogen-bond acceptors (Lipinski definition) is 1. The first-order chi connectivity index (χ1) is 10.4. The summed E-state index contributed by atoms with van der Waals surface area (Å²) in [6.07, 6.45) is 6.60. The Hall–Kier alpha value is -1.76. The van der Waals surface area contributed by atoms with Gasteiger partial charge in [-0.05, 0) is 60.3 Å². The Kier molecular flexibility index (Phi) is 3.42. The average molecular weight is 277 g/mol. The summed E-state index contributed by atoms with van der Waals surface area (Å²) in [7, 11) is 0. The normalized spacial score (nSPS) is 21.2. The van der Waals surface area contributed by atoms with Crippen LogP contribution in [0.2, 0.25) is 0 Å². The van der Waals surface area contributed by atoms with E-state index in [0.29, 0.717) is 5.92 Å². The molecule has 1 atom stereocenters. The Morgan fingerprint density at radius 3 is 2.48 bits per heavy atom. The Labute approximate surface area is 127 Å². The van der Waals surface area contributed by atoms with Crippen molar-refractivity contribution in [3.63, 3.8) is 0 Å². The highest BCUT2D eigenvalue weighted by Gasteiger charge is 2.21. The van der Waals surface area contributed by atoms with Crippen LogP contribution in [0.15, 0.2) is 48.5 Å². The molecule has 1 fully saturated rings. The molecule has 0 saturated heterocycles. The molecular formula is C20H23N. The minimum Gasteiger partial charge on any atom is -0.385 e. The lowest BCUT2D eigenvalue weighted by molar-refractivity contribution is 0.419. The van der Waals surface area contributed by atoms with E-state index in [2.05, 4.69) is 53.8 Å². The monoisotopic (exact) mass is 277 g/mol. The fraction of sp³-hybridized carbons (Fsp3) is 0.400. The molecule has 1 saturated carbocycles. The first-order valence-electron chi connectivity index (χ1n) is 8.32. The van der Waals surface area contributed by atoms with E-state index in [-0.39, 0.29) is 0 Å². The van der Waals surface area contributed by atoms with Gasteiger partial charge in [-0.2, -0.15) is 0 Å². The lowest BCUT2D eigenvalue weighted by atomic mass is 9.79. The van der Waals surface area contributed by atoms with Gasteiger partial charge in [0.2, 0.25) is 0 Å². The molecule has 1 aliphatic carbocycles. The second-order valence-electron chi connectivity index (χ2n) is 6.57. The third kappa shape index (κ3) is 2.57. The van der Waals surface area contributed by atoms with Gasteiger partial charge in [0.1, 0.15) is 0 Å². The third-order valence-corrected chi connectivity index (χ3v) is 5.25. The van der Waals surface area contributed by atoms with Crippen LogP contribution in [-0.4, -0.2) is 6.54 Å². The van der Waals surface area contributed by atoms with Crippen LogP contribution in [0.25, 0.3) is 0 Å². The van der Waals surface area contributed by atoms with Crippen LogP contribution in [0.4, 0.5) is 5.69 Å². The van der Waals surface area contributed by atoms with Gasteiger partial charge in [0, 0.05) is 12.2 Å². The van der Waals surface area contributed by atoms with E-state index < -0.39 is 0 Å². The first-order valence-corrected chi connectivity index (χ1v) is 8.32. The Morgan fingerprint density at radius 1 is 0.905 bits per heavy atom. The molecule has 4 rings (SSSR count). The Morgan fingerprint density at radius 2 is 1.71 bits per heavy atom. The summed E-state index contributed by atoms with van der Waals surface area (Å²) >= 11 is 0. The highest BCUT2D eigenvalue weighted by Crippen LogP contribution is 2.37. The van der Waals surface area contributed by atoms with Crippen LogP contribution in [-0.2, 0) is 6.42 Å². The lowest BCUT2D eigenvalue weighted by Gasteiger charge is -2.28. The zero-order valence-corrected chi connectivity index (χ0v) is 12.5. The van der Waals surface area contributed by atoms with Crippen LogP contribution in [0.1, 0.15) is 54.2 Å². The molecule has 2 aromatic carbocycles. The van der Waals surface area contributed by atoms with Crippen LogP contribution in [0.3, 0.4) is 0 Å². The largest absolute Gasteiger partial charge is 0.385 e. The van der Waals surface area contributed by atoms with Crippen molar-refractivity contribution in [2.45, 2.75) is 43.9 Å². The van der Waals surface area contributed by atoms with E-state index in [4.69, 9.17) is 0 Å². The van der Waals surface area contributed by atoms with Crippen LogP contribution in [0.5, 0.6) is 0 Å². The Balaban J connectivity index is 1.51. The van der Waals surface area contributed by atoms with Crippen molar-refractivity contribution in [2.75, 3.05) is 11.9 Å². The predicted molar refractivity (Wildman–Crippen MR) is 89.0 cm³/mol. The molecule has 2 aliphatic rings. The van der Waals surface area contributed by atoms with Crippen LogP contribution >= 0.6 is 0 Å². The van der Waals surface area contributed by atoms with E-state index in [0.717, 1.165) is 12.5 Å². The van der Waals surface area contributed by atoms with Crippen molar-refractivity contribution >= 4 is 5.69 Å². The molecule has 0 amide bonds. The first kappa shape index (κ1) is 12.9. The molecule has 1 aliphatic heterocycles. The molecule has 1 heteroatoms. The second-order valence-corrected chi connectivity index (χ2v) is 6.57. The molecule has 108 valence electrons. The maximum absolute atomic E-state index is 3.52. The second kappa shape index (κ2) is 5.55. The molecule has 1 N–H and O–H groups in total. The average Bonchev–Trinajstić information content (AvgIpc) is 2.48. The van der Waals surface area contributed by atoms with Gasteiger partial charge in [-0.1, -0.05) is 48.9 Å². The number of anilines is 1. The smallest absolute Gasteiger partial charge is 0.0375 e. The van der Waals surface area contributed by atoms with Crippen molar-refractivity contribution in [3.05, 3.63) is 65.2 Å². The summed E-state index contributed by atoms with van der Waals surface area (Å²) in [4.78, 5) is 0. The molecule has 1 unspecified atom stereocenters. The van der Waals surface area contributed by atoms with Crippen molar-refractivity contribution in [1.82, 2.24) is 0 Å². The molecule has 1 nitrogen and oxygen atoms in total. The summed E-state index contributed by atoms with van der Waals surface area (Å²) in [6.45, 7) is 1.10. The SMILES string of the molecule is c1ccc2c(c1)NCCC2Cc1ccc(C2CCC2)cc1. The van der Waals surface area contributed by atoms with Crippen LogP contribution in [0, 0.1) is 0 Å². The third-order valence-electron chi connectivity index (χ3n) is 5.25.